The molecule has 6 rings (SSSR count). The number of ketones is 1. The van der Waals surface area contributed by atoms with E-state index in [0.29, 0.717) is 23.0 Å². The fourth-order valence-electron chi connectivity index (χ4n) is 6.90. The summed E-state index contributed by atoms with van der Waals surface area (Å²) in [5.74, 6) is 1.64. The van der Waals surface area contributed by atoms with Crippen LogP contribution in [-0.4, -0.2) is 76.0 Å². The third-order valence-electron chi connectivity index (χ3n) is 9.19. The summed E-state index contributed by atoms with van der Waals surface area (Å²) in [6.45, 7) is 11.0. The van der Waals surface area contributed by atoms with Gasteiger partial charge in [-0.2, -0.15) is 4.98 Å². The summed E-state index contributed by atoms with van der Waals surface area (Å²) in [5.41, 5.74) is 2.35. The average Bonchev–Trinajstić information content (AvgIpc) is 3.37. The van der Waals surface area contributed by atoms with Crippen molar-refractivity contribution in [3.63, 3.8) is 0 Å². The van der Waals surface area contributed by atoms with Crippen molar-refractivity contribution in [1.82, 2.24) is 29.7 Å². The van der Waals surface area contributed by atoms with Gasteiger partial charge in [0.15, 0.2) is 5.78 Å². The Morgan fingerprint density at radius 1 is 1.00 bits per heavy atom. The van der Waals surface area contributed by atoms with E-state index >= 15 is 0 Å². The molecular weight excluding hydrogens is 516 g/mol. The summed E-state index contributed by atoms with van der Waals surface area (Å²) >= 11 is 0. The fraction of sp³-hybridized carbons (Fsp3) is 0.581. The highest BCUT2D eigenvalue weighted by molar-refractivity contribution is 5.99. The quantitative estimate of drug-likeness (QED) is 0.415. The van der Waals surface area contributed by atoms with Crippen LogP contribution < -0.4 is 21.1 Å². The van der Waals surface area contributed by atoms with Crippen LogP contribution in [0.25, 0.3) is 11.0 Å². The molecule has 0 spiro atoms. The molecule has 2 saturated heterocycles. The third-order valence-corrected chi connectivity index (χ3v) is 9.19. The first-order chi connectivity index (χ1) is 20.0. The monoisotopic (exact) mass is 558 g/mol. The van der Waals surface area contributed by atoms with E-state index in [2.05, 4.69) is 36.5 Å². The molecule has 1 atom stereocenters. The molecule has 0 amide bonds. The number of fused-ring (bicyclic) bond motifs is 1. The van der Waals surface area contributed by atoms with E-state index in [1.54, 1.807) is 10.8 Å². The van der Waals surface area contributed by atoms with Gasteiger partial charge in [-0.25, -0.2) is 9.97 Å². The van der Waals surface area contributed by atoms with Crippen molar-refractivity contribution >= 4 is 34.3 Å². The number of aryl methyl sites for hydroxylation is 1. The van der Waals surface area contributed by atoms with E-state index in [-0.39, 0.29) is 22.9 Å². The summed E-state index contributed by atoms with van der Waals surface area (Å²) in [7, 11) is 0. The SMILES string of the molecule is CC(=O)c1c(C)c2cnc(Nc3ccc(N4CCN(CC5CCCNCC5)CC4)cn3)nc2n(C2CCCC2)c1=O. The summed E-state index contributed by atoms with van der Waals surface area (Å²) < 4.78 is 1.74. The molecule has 218 valence electrons. The minimum atomic E-state index is -0.243. The maximum absolute atomic E-state index is 13.5. The van der Waals surface area contributed by atoms with Crippen molar-refractivity contribution in [2.75, 3.05) is 56.0 Å². The zero-order chi connectivity index (χ0) is 28.3. The first-order valence-corrected chi connectivity index (χ1v) is 15.3. The maximum atomic E-state index is 13.5. The lowest BCUT2D eigenvalue weighted by Crippen LogP contribution is -2.47. The molecule has 41 heavy (non-hydrogen) atoms. The molecule has 10 nitrogen and oxygen atoms in total. The van der Waals surface area contributed by atoms with Gasteiger partial charge in [0.1, 0.15) is 11.5 Å². The fourth-order valence-corrected chi connectivity index (χ4v) is 6.90. The number of piperazine rings is 1. The Morgan fingerprint density at radius 3 is 2.54 bits per heavy atom. The minimum absolute atomic E-state index is 0.0495. The van der Waals surface area contributed by atoms with Crippen LogP contribution in [-0.2, 0) is 0 Å². The number of rotatable bonds is 7. The van der Waals surface area contributed by atoms with Crippen LogP contribution in [0, 0.1) is 12.8 Å². The van der Waals surface area contributed by atoms with Gasteiger partial charge >= 0.3 is 0 Å². The Balaban J connectivity index is 1.15. The Bertz CT molecular complexity index is 1430. The Kier molecular flexibility index (Phi) is 8.30. The van der Waals surface area contributed by atoms with Gasteiger partial charge in [-0.1, -0.05) is 12.8 Å². The van der Waals surface area contributed by atoms with Gasteiger partial charge in [-0.15, -0.1) is 0 Å². The van der Waals surface area contributed by atoms with Crippen LogP contribution >= 0.6 is 0 Å². The van der Waals surface area contributed by atoms with Crippen molar-refractivity contribution < 1.29 is 4.79 Å². The maximum Gasteiger partial charge on any atom is 0.263 e. The van der Waals surface area contributed by atoms with Crippen LogP contribution in [0.2, 0.25) is 0 Å². The van der Waals surface area contributed by atoms with Crippen molar-refractivity contribution in [3.8, 4) is 0 Å². The molecule has 3 aliphatic rings. The van der Waals surface area contributed by atoms with E-state index in [1.807, 2.05) is 19.2 Å². The first-order valence-electron chi connectivity index (χ1n) is 15.3. The second-order valence-electron chi connectivity index (χ2n) is 12.0. The molecule has 0 radical (unpaired) electrons. The topological polar surface area (TPSA) is 108 Å². The number of aromatic nitrogens is 4. The largest absolute Gasteiger partial charge is 0.368 e. The Hall–Kier alpha value is -3.37. The lowest BCUT2D eigenvalue weighted by atomic mass is 10.00. The summed E-state index contributed by atoms with van der Waals surface area (Å²) in [5, 5.41) is 7.49. The van der Waals surface area contributed by atoms with Crippen LogP contribution in [0.1, 0.15) is 73.8 Å². The summed E-state index contributed by atoms with van der Waals surface area (Å²) in [4.78, 5) is 44.8. The van der Waals surface area contributed by atoms with Crippen LogP contribution in [0.4, 0.5) is 17.5 Å². The van der Waals surface area contributed by atoms with Crippen molar-refractivity contribution in [1.29, 1.82) is 0 Å². The Labute approximate surface area is 241 Å². The molecule has 3 aromatic rings. The van der Waals surface area contributed by atoms with E-state index in [0.717, 1.165) is 81.9 Å². The van der Waals surface area contributed by atoms with Gasteiger partial charge in [0.25, 0.3) is 5.56 Å². The summed E-state index contributed by atoms with van der Waals surface area (Å²) in [6.07, 6.45) is 11.5. The highest BCUT2D eigenvalue weighted by Crippen LogP contribution is 2.32. The normalized spacial score (nSPS) is 20.8. The van der Waals surface area contributed by atoms with Crippen molar-refractivity contribution in [2.24, 2.45) is 5.92 Å². The molecule has 0 aromatic carbocycles. The van der Waals surface area contributed by atoms with Gasteiger partial charge in [0.2, 0.25) is 5.95 Å². The zero-order valence-corrected chi connectivity index (χ0v) is 24.4. The number of pyridine rings is 2. The smallest absolute Gasteiger partial charge is 0.263 e. The number of hydrogen-bond acceptors (Lipinski definition) is 9. The van der Waals surface area contributed by atoms with Gasteiger partial charge in [0.05, 0.1) is 17.4 Å². The molecule has 2 aliphatic heterocycles. The van der Waals surface area contributed by atoms with Crippen LogP contribution in [0.5, 0.6) is 0 Å². The molecular formula is C31H42N8O2. The lowest BCUT2D eigenvalue weighted by molar-refractivity contribution is 0.101. The number of hydrogen-bond donors (Lipinski definition) is 2. The first kappa shape index (κ1) is 27.8. The second-order valence-corrected chi connectivity index (χ2v) is 12.0. The molecule has 3 aromatic heterocycles. The summed E-state index contributed by atoms with van der Waals surface area (Å²) in [6, 6.07) is 4.11. The number of carbonyl (C=O) groups is 1. The zero-order valence-electron chi connectivity index (χ0n) is 24.4. The molecule has 1 aliphatic carbocycles. The van der Waals surface area contributed by atoms with Gasteiger partial charge < -0.3 is 15.5 Å². The third kappa shape index (κ3) is 5.99. The van der Waals surface area contributed by atoms with E-state index in [1.165, 1.54) is 32.7 Å². The lowest BCUT2D eigenvalue weighted by Gasteiger charge is -2.37. The molecule has 3 fully saturated rings. The van der Waals surface area contributed by atoms with Crippen LogP contribution in [0.15, 0.2) is 29.3 Å². The number of carbonyl (C=O) groups excluding carboxylic acids is 1. The second kappa shape index (κ2) is 12.2. The van der Waals surface area contributed by atoms with Crippen molar-refractivity contribution in [3.05, 3.63) is 46.0 Å². The van der Waals surface area contributed by atoms with E-state index in [9.17, 15) is 9.59 Å². The van der Waals surface area contributed by atoms with E-state index in [4.69, 9.17) is 4.98 Å². The highest BCUT2D eigenvalue weighted by atomic mass is 16.1. The number of Topliss-reactive ketones (excluding diaryl/α,β-unsaturated/α-hetero) is 1. The molecule has 2 N–H and O–H groups in total. The number of anilines is 3. The molecule has 5 heterocycles. The predicted molar refractivity (Wildman–Crippen MR) is 162 cm³/mol. The molecule has 0 bridgehead atoms. The van der Waals surface area contributed by atoms with E-state index < -0.39 is 0 Å². The minimum Gasteiger partial charge on any atom is -0.368 e. The Morgan fingerprint density at radius 2 is 1.80 bits per heavy atom. The number of nitrogens with zero attached hydrogens (tertiary/aromatic N) is 6. The standard InChI is InChI=1S/C31H42N8O2/c1-21-26-19-34-31(36-29(26)39(24-7-3-4-8-24)30(41)28(21)22(2)40)35-27-10-9-25(18-33-27)38-16-14-37(15-17-38)20-23-6-5-12-32-13-11-23/h9-10,18-19,23-24,32H,3-8,11-17,20H2,1-2H3,(H,33,34,35,36). The van der Waals surface area contributed by atoms with Gasteiger partial charge in [-0.3, -0.25) is 19.1 Å². The predicted octanol–water partition coefficient (Wildman–Crippen LogP) is 4.07. The van der Waals surface area contributed by atoms with Crippen molar-refractivity contribution in [2.45, 2.75) is 64.8 Å². The average molecular weight is 559 g/mol. The molecule has 1 saturated carbocycles. The molecule has 10 heteroatoms. The van der Waals surface area contributed by atoms with Gasteiger partial charge in [-0.05, 0) is 82.7 Å². The number of nitrogens with one attached hydrogen (secondary N) is 2. The molecule has 1 unspecified atom stereocenters. The highest BCUT2D eigenvalue weighted by Gasteiger charge is 2.26. The van der Waals surface area contributed by atoms with Gasteiger partial charge in [0, 0.05) is 50.3 Å². The van der Waals surface area contributed by atoms with Crippen LogP contribution in [0.3, 0.4) is 0 Å².